The average Bonchev–Trinajstić information content (AvgIpc) is 2.56. The molecular formula is C17H27NOS2. The lowest BCUT2D eigenvalue weighted by Crippen LogP contribution is -2.39. The fourth-order valence-electron chi connectivity index (χ4n) is 2.81. The van der Waals surface area contributed by atoms with E-state index in [9.17, 15) is 0 Å². The van der Waals surface area contributed by atoms with Crippen LogP contribution < -0.4 is 10.1 Å². The molecule has 0 aromatic heterocycles. The molecule has 4 heteroatoms. The lowest BCUT2D eigenvalue weighted by Gasteiger charge is -2.36. The molecule has 0 bridgehead atoms. The number of benzene rings is 1. The molecule has 1 aliphatic rings. The molecule has 3 atom stereocenters. The van der Waals surface area contributed by atoms with Gasteiger partial charge in [0, 0.05) is 28.0 Å². The predicted octanol–water partition coefficient (Wildman–Crippen LogP) is 4.36. The van der Waals surface area contributed by atoms with Gasteiger partial charge >= 0.3 is 0 Å². The number of nitrogens with one attached hydrogen (secondary N) is 1. The summed E-state index contributed by atoms with van der Waals surface area (Å²) in [6, 6.07) is 8.99. The second-order valence-corrected chi connectivity index (χ2v) is 7.99. The first-order valence-electron chi connectivity index (χ1n) is 7.90. The lowest BCUT2D eigenvalue weighted by atomic mass is 9.99. The molecule has 0 spiro atoms. The molecule has 0 radical (unpaired) electrons. The molecule has 1 aromatic carbocycles. The van der Waals surface area contributed by atoms with Gasteiger partial charge in [-0.1, -0.05) is 26.0 Å². The minimum atomic E-state index is 0.419. The molecule has 0 amide bonds. The fraction of sp³-hybridized carbons (Fsp3) is 0.647. The third-order valence-corrected chi connectivity index (χ3v) is 7.24. The van der Waals surface area contributed by atoms with Gasteiger partial charge in [0.2, 0.25) is 0 Å². The second-order valence-electron chi connectivity index (χ2n) is 5.36. The van der Waals surface area contributed by atoms with Gasteiger partial charge in [-0.25, -0.2) is 0 Å². The highest BCUT2D eigenvalue weighted by atomic mass is 32.2. The van der Waals surface area contributed by atoms with Gasteiger partial charge in [0.15, 0.2) is 0 Å². The Labute approximate surface area is 137 Å². The molecule has 1 N–H and O–H groups in total. The quantitative estimate of drug-likeness (QED) is 0.803. The van der Waals surface area contributed by atoms with Crippen molar-refractivity contribution in [2.24, 2.45) is 0 Å². The summed E-state index contributed by atoms with van der Waals surface area (Å²) < 4.78 is 5.41. The van der Waals surface area contributed by atoms with E-state index < -0.39 is 0 Å². The van der Waals surface area contributed by atoms with Gasteiger partial charge in [-0.2, -0.15) is 23.5 Å². The van der Waals surface area contributed by atoms with Crippen molar-refractivity contribution in [3.8, 4) is 5.75 Å². The van der Waals surface area contributed by atoms with Crippen LogP contribution in [0.15, 0.2) is 24.3 Å². The maximum absolute atomic E-state index is 5.41. The highest BCUT2D eigenvalue weighted by Crippen LogP contribution is 2.40. The summed E-state index contributed by atoms with van der Waals surface area (Å²) >= 11 is 4.28. The molecule has 1 saturated heterocycles. The predicted molar refractivity (Wildman–Crippen MR) is 96.8 cm³/mol. The summed E-state index contributed by atoms with van der Waals surface area (Å²) in [6.45, 7) is 5.62. The van der Waals surface area contributed by atoms with E-state index in [0.717, 1.165) is 17.5 Å². The average molecular weight is 326 g/mol. The summed E-state index contributed by atoms with van der Waals surface area (Å²) in [5.74, 6) is 3.51. The number of hydrogen-bond acceptors (Lipinski definition) is 4. The van der Waals surface area contributed by atoms with Gasteiger partial charge in [-0.05, 0) is 37.1 Å². The molecule has 0 aliphatic carbocycles. The SMILES string of the molecule is CCCNC(c1cccc(OC)c1)C1SCCSC1CC. The Hall–Kier alpha value is -0.320. The van der Waals surface area contributed by atoms with Crippen LogP contribution in [0.2, 0.25) is 0 Å². The molecule has 1 heterocycles. The third kappa shape index (κ3) is 4.57. The second kappa shape index (κ2) is 8.96. The maximum atomic E-state index is 5.41. The molecular weight excluding hydrogens is 298 g/mol. The summed E-state index contributed by atoms with van der Waals surface area (Å²) in [4.78, 5) is 0. The zero-order valence-electron chi connectivity index (χ0n) is 13.3. The number of ether oxygens (including phenoxy) is 1. The van der Waals surface area contributed by atoms with E-state index in [0.29, 0.717) is 11.3 Å². The highest BCUT2D eigenvalue weighted by molar-refractivity contribution is 8.07. The number of thioether (sulfide) groups is 2. The Bertz CT molecular complexity index is 427. The van der Waals surface area contributed by atoms with Crippen molar-refractivity contribution in [2.45, 2.75) is 43.2 Å². The van der Waals surface area contributed by atoms with Crippen LogP contribution >= 0.6 is 23.5 Å². The Balaban J connectivity index is 2.23. The van der Waals surface area contributed by atoms with Gasteiger partial charge in [0.25, 0.3) is 0 Å². The van der Waals surface area contributed by atoms with Crippen molar-refractivity contribution in [1.29, 1.82) is 0 Å². The summed E-state index contributed by atoms with van der Waals surface area (Å²) in [5.41, 5.74) is 1.36. The minimum absolute atomic E-state index is 0.419. The Morgan fingerprint density at radius 2 is 2.10 bits per heavy atom. The first-order chi connectivity index (χ1) is 10.3. The standard InChI is InChI=1S/C17H27NOS2/c1-4-9-18-16(13-7-6-8-14(12-13)19-3)17-15(5-2)20-10-11-21-17/h6-8,12,15-18H,4-5,9-11H2,1-3H3. The van der Waals surface area contributed by atoms with Gasteiger partial charge < -0.3 is 10.1 Å². The fourth-order valence-corrected chi connectivity index (χ4v) is 6.06. The van der Waals surface area contributed by atoms with Crippen molar-refractivity contribution in [3.63, 3.8) is 0 Å². The molecule has 1 aliphatic heterocycles. The van der Waals surface area contributed by atoms with E-state index in [4.69, 9.17) is 4.74 Å². The highest BCUT2D eigenvalue weighted by Gasteiger charge is 2.32. The van der Waals surface area contributed by atoms with Crippen molar-refractivity contribution in [1.82, 2.24) is 5.32 Å². The van der Waals surface area contributed by atoms with Crippen LogP contribution in [0.1, 0.15) is 38.3 Å². The summed E-state index contributed by atoms with van der Waals surface area (Å²) in [7, 11) is 1.74. The van der Waals surface area contributed by atoms with E-state index in [1.807, 2.05) is 6.07 Å². The smallest absolute Gasteiger partial charge is 0.119 e. The Morgan fingerprint density at radius 1 is 1.29 bits per heavy atom. The van der Waals surface area contributed by atoms with Crippen LogP contribution in [0.3, 0.4) is 0 Å². The van der Waals surface area contributed by atoms with E-state index in [1.165, 1.54) is 29.9 Å². The van der Waals surface area contributed by atoms with Crippen LogP contribution in [0.4, 0.5) is 0 Å². The molecule has 2 rings (SSSR count). The van der Waals surface area contributed by atoms with Crippen LogP contribution in [-0.2, 0) is 0 Å². The largest absolute Gasteiger partial charge is 0.497 e. The van der Waals surface area contributed by atoms with Crippen molar-refractivity contribution >= 4 is 23.5 Å². The van der Waals surface area contributed by atoms with E-state index in [2.05, 4.69) is 60.9 Å². The third-order valence-electron chi connectivity index (χ3n) is 3.89. The number of methoxy groups -OCH3 is 1. The molecule has 21 heavy (non-hydrogen) atoms. The lowest BCUT2D eigenvalue weighted by molar-refractivity contribution is 0.412. The van der Waals surface area contributed by atoms with Gasteiger partial charge in [0.1, 0.15) is 5.75 Å². The zero-order chi connectivity index (χ0) is 15.1. The molecule has 118 valence electrons. The summed E-state index contributed by atoms with van der Waals surface area (Å²) in [6.07, 6.45) is 2.42. The van der Waals surface area contributed by atoms with Crippen molar-refractivity contribution in [3.05, 3.63) is 29.8 Å². The monoisotopic (exact) mass is 325 g/mol. The molecule has 2 nitrogen and oxygen atoms in total. The molecule has 1 fully saturated rings. The Kier molecular flexibility index (Phi) is 7.27. The minimum Gasteiger partial charge on any atom is -0.497 e. The van der Waals surface area contributed by atoms with Crippen LogP contribution in [0.5, 0.6) is 5.75 Å². The first kappa shape index (κ1) is 17.0. The maximum Gasteiger partial charge on any atom is 0.119 e. The van der Waals surface area contributed by atoms with E-state index in [-0.39, 0.29) is 0 Å². The Morgan fingerprint density at radius 3 is 2.81 bits per heavy atom. The number of rotatable bonds is 7. The first-order valence-corrected chi connectivity index (χ1v) is 10.0. The van der Waals surface area contributed by atoms with Crippen LogP contribution in [0, 0.1) is 0 Å². The molecule has 1 aromatic rings. The van der Waals surface area contributed by atoms with E-state index >= 15 is 0 Å². The van der Waals surface area contributed by atoms with Crippen molar-refractivity contribution in [2.75, 3.05) is 25.2 Å². The van der Waals surface area contributed by atoms with Gasteiger partial charge in [-0.3, -0.25) is 0 Å². The number of hydrogen-bond donors (Lipinski definition) is 1. The van der Waals surface area contributed by atoms with E-state index in [1.54, 1.807) is 7.11 Å². The molecule has 3 unspecified atom stereocenters. The van der Waals surface area contributed by atoms with Gasteiger partial charge in [-0.15, -0.1) is 0 Å². The van der Waals surface area contributed by atoms with Crippen LogP contribution in [-0.4, -0.2) is 35.7 Å². The topological polar surface area (TPSA) is 21.3 Å². The normalized spacial score (nSPS) is 23.8. The summed E-state index contributed by atoms with van der Waals surface area (Å²) in [5, 5.41) is 5.17. The van der Waals surface area contributed by atoms with Gasteiger partial charge in [0.05, 0.1) is 7.11 Å². The van der Waals surface area contributed by atoms with Crippen molar-refractivity contribution < 1.29 is 4.74 Å². The van der Waals surface area contributed by atoms with Crippen LogP contribution in [0.25, 0.3) is 0 Å². The zero-order valence-corrected chi connectivity index (χ0v) is 14.9. The molecule has 0 saturated carbocycles.